The Morgan fingerprint density at radius 2 is 2.25 bits per heavy atom. The van der Waals surface area contributed by atoms with E-state index in [4.69, 9.17) is 11.6 Å². The number of nitrogens with zero attached hydrogens (tertiary/aromatic N) is 2. The number of nitrogen functional groups attached to an aromatic ring is 1. The fraction of sp³-hybridized carbons (Fsp3) is 0.667. The van der Waals surface area contributed by atoms with E-state index in [1.54, 1.807) is 6.20 Å². The SMILES string of the molecule is CC1CCCC(C(NN)c2cccnc2N)(N(C)C)C1. The Kier molecular flexibility index (Phi) is 4.62. The first-order valence-electron chi connectivity index (χ1n) is 7.35. The highest BCUT2D eigenvalue weighted by Crippen LogP contribution is 2.44. The largest absolute Gasteiger partial charge is 0.383 e. The molecule has 1 heterocycles. The molecule has 1 aliphatic carbocycles. The van der Waals surface area contributed by atoms with Gasteiger partial charge >= 0.3 is 0 Å². The first-order valence-corrected chi connectivity index (χ1v) is 7.35. The van der Waals surface area contributed by atoms with Gasteiger partial charge in [-0.2, -0.15) is 0 Å². The maximum atomic E-state index is 6.07. The third kappa shape index (κ3) is 2.66. The molecule has 1 fully saturated rings. The summed E-state index contributed by atoms with van der Waals surface area (Å²) in [5.74, 6) is 7.17. The van der Waals surface area contributed by atoms with Crippen molar-refractivity contribution < 1.29 is 0 Å². The van der Waals surface area contributed by atoms with Crippen LogP contribution in [0, 0.1) is 5.92 Å². The van der Waals surface area contributed by atoms with Crippen LogP contribution in [-0.4, -0.2) is 29.5 Å². The van der Waals surface area contributed by atoms with E-state index in [-0.39, 0.29) is 11.6 Å². The molecular weight excluding hydrogens is 250 g/mol. The van der Waals surface area contributed by atoms with Gasteiger partial charge in [0.15, 0.2) is 0 Å². The summed E-state index contributed by atoms with van der Waals surface area (Å²) in [7, 11) is 4.27. The fourth-order valence-electron chi connectivity index (χ4n) is 3.70. The molecule has 1 aromatic heterocycles. The lowest BCUT2D eigenvalue weighted by atomic mass is 9.70. The molecule has 1 saturated carbocycles. The van der Waals surface area contributed by atoms with E-state index in [9.17, 15) is 0 Å². The summed E-state index contributed by atoms with van der Waals surface area (Å²) in [6, 6.07) is 3.94. The summed E-state index contributed by atoms with van der Waals surface area (Å²) in [6.45, 7) is 2.32. The van der Waals surface area contributed by atoms with Crippen LogP contribution in [-0.2, 0) is 0 Å². The quantitative estimate of drug-likeness (QED) is 0.576. The molecule has 3 unspecified atom stereocenters. The van der Waals surface area contributed by atoms with Crippen molar-refractivity contribution in [1.29, 1.82) is 0 Å². The highest BCUT2D eigenvalue weighted by Gasteiger charge is 2.44. The normalized spacial score (nSPS) is 28.6. The van der Waals surface area contributed by atoms with E-state index in [0.717, 1.165) is 18.4 Å². The van der Waals surface area contributed by atoms with Crippen molar-refractivity contribution in [2.45, 2.75) is 44.2 Å². The number of aromatic nitrogens is 1. The molecule has 3 atom stereocenters. The molecule has 1 aromatic rings. The molecular formula is C15H27N5. The number of pyridine rings is 1. The Hall–Kier alpha value is -1.17. The van der Waals surface area contributed by atoms with Crippen molar-refractivity contribution in [2.75, 3.05) is 19.8 Å². The first kappa shape index (κ1) is 15.2. The molecule has 0 aromatic carbocycles. The lowest BCUT2D eigenvalue weighted by Crippen LogP contribution is -2.57. The molecule has 0 radical (unpaired) electrons. The number of nitrogens with one attached hydrogen (secondary N) is 1. The molecule has 5 heteroatoms. The summed E-state index contributed by atoms with van der Waals surface area (Å²) < 4.78 is 0. The second kappa shape index (κ2) is 6.08. The van der Waals surface area contributed by atoms with Gasteiger partial charge in [0.1, 0.15) is 5.82 Å². The van der Waals surface area contributed by atoms with Gasteiger partial charge in [-0.1, -0.05) is 25.8 Å². The Morgan fingerprint density at radius 1 is 1.50 bits per heavy atom. The maximum absolute atomic E-state index is 6.07. The van der Waals surface area contributed by atoms with Crippen LogP contribution in [0.4, 0.5) is 5.82 Å². The smallest absolute Gasteiger partial charge is 0.128 e. The number of rotatable bonds is 4. The van der Waals surface area contributed by atoms with Crippen molar-refractivity contribution in [1.82, 2.24) is 15.3 Å². The number of likely N-dealkylation sites (N-methyl/N-ethyl adjacent to an activating group) is 1. The van der Waals surface area contributed by atoms with Crippen LogP contribution >= 0.6 is 0 Å². The Bertz CT molecular complexity index is 448. The van der Waals surface area contributed by atoms with Gasteiger partial charge in [0, 0.05) is 17.3 Å². The minimum absolute atomic E-state index is 0.00560. The van der Waals surface area contributed by atoms with Crippen molar-refractivity contribution in [3.05, 3.63) is 23.9 Å². The minimum atomic E-state index is -0.0103. The number of anilines is 1. The molecule has 5 N–H and O–H groups in total. The van der Waals surface area contributed by atoms with Crippen LogP contribution in [0.3, 0.4) is 0 Å². The highest BCUT2D eigenvalue weighted by atomic mass is 15.3. The van der Waals surface area contributed by atoms with Gasteiger partial charge < -0.3 is 10.6 Å². The highest BCUT2D eigenvalue weighted by molar-refractivity contribution is 5.42. The molecule has 20 heavy (non-hydrogen) atoms. The Morgan fingerprint density at radius 3 is 2.80 bits per heavy atom. The lowest BCUT2D eigenvalue weighted by molar-refractivity contribution is 0.0368. The van der Waals surface area contributed by atoms with Crippen LogP contribution in [0.15, 0.2) is 18.3 Å². The van der Waals surface area contributed by atoms with Crippen LogP contribution in [0.5, 0.6) is 0 Å². The Labute approximate surface area is 121 Å². The van der Waals surface area contributed by atoms with E-state index >= 15 is 0 Å². The van der Waals surface area contributed by atoms with E-state index in [2.05, 4.69) is 36.3 Å². The zero-order chi connectivity index (χ0) is 14.8. The minimum Gasteiger partial charge on any atom is -0.383 e. The van der Waals surface area contributed by atoms with Gasteiger partial charge in [0.05, 0.1) is 6.04 Å². The topological polar surface area (TPSA) is 80.2 Å². The average Bonchev–Trinajstić information content (AvgIpc) is 2.41. The van der Waals surface area contributed by atoms with Crippen molar-refractivity contribution in [2.24, 2.45) is 11.8 Å². The average molecular weight is 277 g/mol. The monoisotopic (exact) mass is 277 g/mol. The summed E-state index contributed by atoms with van der Waals surface area (Å²) in [5.41, 5.74) is 10.1. The standard InChI is InChI=1S/C15H27N5/c1-11-6-4-8-15(10-11,20(2)3)13(19-17)12-7-5-9-18-14(12)16/h5,7,9,11,13,19H,4,6,8,10,17H2,1-3H3,(H2,16,18). The maximum Gasteiger partial charge on any atom is 0.128 e. The summed E-state index contributed by atoms with van der Waals surface area (Å²) in [6.07, 6.45) is 6.46. The number of hydrogen-bond donors (Lipinski definition) is 3. The van der Waals surface area contributed by atoms with E-state index < -0.39 is 0 Å². The fourth-order valence-corrected chi connectivity index (χ4v) is 3.70. The molecule has 112 valence electrons. The zero-order valence-electron chi connectivity index (χ0n) is 12.8. The van der Waals surface area contributed by atoms with Gasteiger partial charge in [0.2, 0.25) is 0 Å². The van der Waals surface area contributed by atoms with Crippen molar-refractivity contribution >= 4 is 5.82 Å². The third-order valence-electron chi connectivity index (χ3n) is 4.79. The molecule has 0 amide bonds. The van der Waals surface area contributed by atoms with E-state index in [1.165, 1.54) is 12.8 Å². The molecule has 0 aliphatic heterocycles. The zero-order valence-corrected chi connectivity index (χ0v) is 12.8. The lowest BCUT2D eigenvalue weighted by Gasteiger charge is -2.50. The molecule has 0 saturated heterocycles. The second-order valence-corrected chi connectivity index (χ2v) is 6.28. The second-order valence-electron chi connectivity index (χ2n) is 6.28. The first-order chi connectivity index (χ1) is 9.51. The van der Waals surface area contributed by atoms with Crippen LogP contribution in [0.25, 0.3) is 0 Å². The van der Waals surface area contributed by atoms with Crippen LogP contribution in [0.2, 0.25) is 0 Å². The number of nitrogens with two attached hydrogens (primary N) is 2. The van der Waals surface area contributed by atoms with E-state index in [0.29, 0.717) is 11.7 Å². The van der Waals surface area contributed by atoms with Crippen LogP contribution in [0.1, 0.15) is 44.2 Å². The van der Waals surface area contributed by atoms with Gasteiger partial charge in [-0.25, -0.2) is 4.98 Å². The number of hydrogen-bond acceptors (Lipinski definition) is 5. The summed E-state index contributed by atoms with van der Waals surface area (Å²) in [5, 5.41) is 0. The van der Waals surface area contributed by atoms with Gasteiger partial charge in [-0.05, 0) is 38.9 Å². The third-order valence-corrected chi connectivity index (χ3v) is 4.79. The molecule has 2 rings (SSSR count). The number of hydrazine groups is 1. The summed E-state index contributed by atoms with van der Waals surface area (Å²) in [4.78, 5) is 6.52. The molecule has 5 nitrogen and oxygen atoms in total. The van der Waals surface area contributed by atoms with Gasteiger partial charge in [-0.15, -0.1) is 0 Å². The molecule has 0 bridgehead atoms. The Balaban J connectivity index is 2.43. The van der Waals surface area contributed by atoms with Crippen molar-refractivity contribution in [3.63, 3.8) is 0 Å². The molecule has 1 aliphatic rings. The van der Waals surface area contributed by atoms with E-state index in [1.807, 2.05) is 12.1 Å². The van der Waals surface area contributed by atoms with Crippen molar-refractivity contribution in [3.8, 4) is 0 Å². The summed E-state index contributed by atoms with van der Waals surface area (Å²) >= 11 is 0. The van der Waals surface area contributed by atoms with Gasteiger partial charge in [-0.3, -0.25) is 11.3 Å². The van der Waals surface area contributed by atoms with Crippen LogP contribution < -0.4 is 17.0 Å². The molecule has 0 spiro atoms. The van der Waals surface area contributed by atoms with Gasteiger partial charge in [0.25, 0.3) is 0 Å². The predicted molar refractivity (Wildman–Crippen MR) is 82.8 cm³/mol. The predicted octanol–water partition coefficient (Wildman–Crippen LogP) is 1.68.